The van der Waals surface area contributed by atoms with Gasteiger partial charge in [-0.25, -0.2) is 9.37 Å². The zero-order chi connectivity index (χ0) is 22.8. The first-order chi connectivity index (χ1) is 16.1. The van der Waals surface area contributed by atoms with E-state index in [1.807, 2.05) is 35.2 Å². The molecule has 6 heteroatoms. The van der Waals surface area contributed by atoms with Crippen molar-refractivity contribution in [3.8, 4) is 11.4 Å². The second-order valence-electron chi connectivity index (χ2n) is 8.73. The average molecular weight is 445 g/mol. The van der Waals surface area contributed by atoms with Crippen LogP contribution >= 0.6 is 0 Å². The largest absolute Gasteiger partial charge is 0.353 e. The summed E-state index contributed by atoms with van der Waals surface area (Å²) in [6.07, 6.45) is 1.91. The Morgan fingerprint density at radius 3 is 2.70 bits per heavy atom. The van der Waals surface area contributed by atoms with Gasteiger partial charge in [0.15, 0.2) is 0 Å². The van der Waals surface area contributed by atoms with Crippen LogP contribution in [-0.4, -0.2) is 58.4 Å². The minimum Gasteiger partial charge on any atom is -0.353 e. The molecule has 170 valence electrons. The normalized spacial score (nSPS) is 14.9. The van der Waals surface area contributed by atoms with Crippen molar-refractivity contribution in [2.24, 2.45) is 0 Å². The van der Waals surface area contributed by atoms with Crippen LogP contribution in [0.15, 0.2) is 54.6 Å². The molecule has 1 aliphatic heterocycles. The van der Waals surface area contributed by atoms with E-state index in [4.69, 9.17) is 4.98 Å². The third kappa shape index (κ3) is 4.48. The van der Waals surface area contributed by atoms with Gasteiger partial charge in [0.1, 0.15) is 5.82 Å². The zero-order valence-electron chi connectivity index (χ0n) is 19.0. The number of fused-ring (bicyclic) bond motifs is 2. The minimum atomic E-state index is -0.259. The standard InChI is InChI=1S/C27H29FN4O/c1-2-31-14-16-32(17-15-31)26(33)9-5-7-21-22-18-20(28)11-13-24(22)30-27(21)25-12-10-19-6-3-4-8-23(19)29-25/h3-4,6,8,10-13,18,30H,2,5,7,9,14-17H2,1H3. The lowest BCUT2D eigenvalue weighted by Crippen LogP contribution is -2.48. The molecule has 3 heterocycles. The molecule has 1 aliphatic rings. The van der Waals surface area contributed by atoms with Crippen LogP contribution in [0.25, 0.3) is 33.2 Å². The van der Waals surface area contributed by atoms with Gasteiger partial charge in [0.05, 0.1) is 16.9 Å². The molecule has 0 radical (unpaired) electrons. The number of benzene rings is 2. The van der Waals surface area contributed by atoms with Crippen LogP contribution in [0.4, 0.5) is 4.39 Å². The van der Waals surface area contributed by atoms with Crippen molar-refractivity contribution >= 4 is 27.7 Å². The number of H-pyrrole nitrogens is 1. The van der Waals surface area contributed by atoms with Crippen LogP contribution in [0.5, 0.6) is 0 Å². The van der Waals surface area contributed by atoms with E-state index in [0.29, 0.717) is 12.8 Å². The second-order valence-corrected chi connectivity index (χ2v) is 8.73. The number of pyridine rings is 1. The molecule has 2 aromatic heterocycles. The molecule has 0 bridgehead atoms. The lowest BCUT2D eigenvalue weighted by molar-refractivity contribution is -0.133. The van der Waals surface area contributed by atoms with E-state index < -0.39 is 0 Å². The Kier molecular flexibility index (Phi) is 6.09. The highest BCUT2D eigenvalue weighted by Crippen LogP contribution is 2.32. The molecule has 0 saturated carbocycles. The molecule has 5 nitrogen and oxygen atoms in total. The summed E-state index contributed by atoms with van der Waals surface area (Å²) in [7, 11) is 0. The second kappa shape index (κ2) is 9.32. The Morgan fingerprint density at radius 1 is 1.06 bits per heavy atom. The fourth-order valence-electron chi connectivity index (χ4n) is 4.79. The molecular formula is C27H29FN4O. The SMILES string of the molecule is CCN1CCN(C(=O)CCCc2c(-c3ccc4ccccc4n3)[nH]c3ccc(F)cc23)CC1. The smallest absolute Gasteiger partial charge is 0.222 e. The molecule has 0 atom stereocenters. The summed E-state index contributed by atoms with van der Waals surface area (Å²) in [5.74, 6) is -0.0483. The maximum Gasteiger partial charge on any atom is 0.222 e. The number of hydrogen-bond donors (Lipinski definition) is 1. The molecule has 2 aromatic carbocycles. The molecule has 33 heavy (non-hydrogen) atoms. The summed E-state index contributed by atoms with van der Waals surface area (Å²) in [6.45, 7) is 6.69. The highest BCUT2D eigenvalue weighted by Gasteiger charge is 2.21. The highest BCUT2D eigenvalue weighted by atomic mass is 19.1. The minimum absolute atomic E-state index is 0.210. The van der Waals surface area contributed by atoms with E-state index in [1.165, 1.54) is 6.07 Å². The van der Waals surface area contributed by atoms with Gasteiger partial charge in [-0.1, -0.05) is 31.2 Å². The maximum atomic E-state index is 14.1. The zero-order valence-corrected chi connectivity index (χ0v) is 19.0. The summed E-state index contributed by atoms with van der Waals surface area (Å²) in [5.41, 5.74) is 4.58. The van der Waals surface area contributed by atoms with Crippen LogP contribution in [0.3, 0.4) is 0 Å². The number of aromatic amines is 1. The van der Waals surface area contributed by atoms with Gasteiger partial charge in [0.2, 0.25) is 5.91 Å². The lowest BCUT2D eigenvalue weighted by Gasteiger charge is -2.34. The molecular weight excluding hydrogens is 415 g/mol. The maximum absolute atomic E-state index is 14.1. The molecule has 1 fully saturated rings. The number of carbonyl (C=O) groups is 1. The van der Waals surface area contributed by atoms with E-state index in [0.717, 1.165) is 77.9 Å². The number of amides is 1. The number of carbonyl (C=O) groups excluding carboxylic acids is 1. The third-order valence-electron chi connectivity index (χ3n) is 6.71. The first-order valence-electron chi connectivity index (χ1n) is 11.8. The monoisotopic (exact) mass is 444 g/mol. The first-order valence-corrected chi connectivity index (χ1v) is 11.8. The Morgan fingerprint density at radius 2 is 1.88 bits per heavy atom. The van der Waals surface area contributed by atoms with Crippen LogP contribution in [0.2, 0.25) is 0 Å². The van der Waals surface area contributed by atoms with Gasteiger partial charge < -0.3 is 14.8 Å². The summed E-state index contributed by atoms with van der Waals surface area (Å²) < 4.78 is 14.1. The lowest BCUT2D eigenvalue weighted by atomic mass is 10.0. The fourth-order valence-corrected chi connectivity index (χ4v) is 4.79. The van der Waals surface area contributed by atoms with E-state index in [9.17, 15) is 9.18 Å². The van der Waals surface area contributed by atoms with Gasteiger partial charge in [-0.2, -0.15) is 0 Å². The highest BCUT2D eigenvalue weighted by molar-refractivity contribution is 5.91. The van der Waals surface area contributed by atoms with Crippen molar-refractivity contribution in [2.45, 2.75) is 26.2 Å². The summed E-state index contributed by atoms with van der Waals surface area (Å²) in [4.78, 5) is 25.4. The molecule has 0 aliphatic carbocycles. The number of rotatable bonds is 6. The predicted octanol–water partition coefficient (Wildman–Crippen LogP) is 5.01. The van der Waals surface area contributed by atoms with Gasteiger partial charge in [0.25, 0.3) is 0 Å². The molecule has 1 amide bonds. The molecule has 0 spiro atoms. The van der Waals surface area contributed by atoms with Gasteiger partial charge in [-0.3, -0.25) is 4.79 Å². The number of para-hydroxylation sites is 1. The van der Waals surface area contributed by atoms with E-state index in [2.05, 4.69) is 22.9 Å². The van der Waals surface area contributed by atoms with Crippen molar-refractivity contribution in [3.63, 3.8) is 0 Å². The molecule has 1 saturated heterocycles. The van der Waals surface area contributed by atoms with Crippen LogP contribution < -0.4 is 0 Å². The Balaban J connectivity index is 1.38. The molecule has 5 rings (SSSR count). The summed E-state index contributed by atoms with van der Waals surface area (Å²) in [5, 5.41) is 1.95. The van der Waals surface area contributed by atoms with Gasteiger partial charge >= 0.3 is 0 Å². The average Bonchev–Trinajstić information content (AvgIpc) is 3.21. The van der Waals surface area contributed by atoms with E-state index in [1.54, 1.807) is 12.1 Å². The number of halogens is 1. The van der Waals surface area contributed by atoms with E-state index >= 15 is 0 Å². The van der Waals surface area contributed by atoms with E-state index in [-0.39, 0.29) is 11.7 Å². The number of nitrogens with one attached hydrogen (secondary N) is 1. The summed E-state index contributed by atoms with van der Waals surface area (Å²) >= 11 is 0. The number of aromatic nitrogens is 2. The van der Waals surface area contributed by atoms with Crippen LogP contribution in [0.1, 0.15) is 25.3 Å². The Labute approximate surface area is 193 Å². The van der Waals surface area contributed by atoms with Gasteiger partial charge in [-0.05, 0) is 55.3 Å². The number of likely N-dealkylation sites (N-methyl/N-ethyl adjacent to an activating group) is 1. The predicted molar refractivity (Wildman–Crippen MR) is 131 cm³/mol. The number of hydrogen-bond acceptors (Lipinski definition) is 3. The Hall–Kier alpha value is -3.25. The number of aryl methyl sites for hydroxylation is 1. The molecule has 1 N–H and O–H groups in total. The topological polar surface area (TPSA) is 52.2 Å². The van der Waals surface area contributed by atoms with Gasteiger partial charge in [0, 0.05) is 48.9 Å². The third-order valence-corrected chi connectivity index (χ3v) is 6.71. The summed E-state index contributed by atoms with van der Waals surface area (Å²) in [6, 6.07) is 16.9. The van der Waals surface area contributed by atoms with Gasteiger partial charge in [-0.15, -0.1) is 0 Å². The fraction of sp³-hybridized carbons (Fsp3) is 0.333. The van der Waals surface area contributed by atoms with Crippen molar-refractivity contribution in [2.75, 3.05) is 32.7 Å². The van der Waals surface area contributed by atoms with Crippen LogP contribution in [-0.2, 0) is 11.2 Å². The molecule has 4 aromatic rings. The van der Waals surface area contributed by atoms with Crippen molar-refractivity contribution in [1.82, 2.24) is 19.8 Å². The molecule has 0 unspecified atom stereocenters. The van der Waals surface area contributed by atoms with Crippen molar-refractivity contribution < 1.29 is 9.18 Å². The first kappa shape index (κ1) is 21.6. The van der Waals surface area contributed by atoms with Crippen LogP contribution in [0, 0.1) is 5.82 Å². The Bertz CT molecular complexity index is 1290. The number of piperazine rings is 1. The van der Waals surface area contributed by atoms with Crippen molar-refractivity contribution in [3.05, 3.63) is 66.0 Å². The quantitative estimate of drug-likeness (QED) is 0.455. The van der Waals surface area contributed by atoms with Crippen molar-refractivity contribution in [1.29, 1.82) is 0 Å². The number of nitrogens with zero attached hydrogens (tertiary/aromatic N) is 3.